The van der Waals surface area contributed by atoms with E-state index >= 15 is 0 Å². The van der Waals surface area contributed by atoms with Crippen molar-refractivity contribution in [1.29, 1.82) is 0 Å². The molecule has 202 valence electrons. The van der Waals surface area contributed by atoms with E-state index in [1.54, 1.807) is 24.3 Å². The SMILES string of the molecule is O=C(COc1ccccc1C1c2sc(=O)[nH]c2SC2C(=O)N(c3ccc(F)cc3)C(=O)C21)Nc1ccc(F)cc1. The van der Waals surface area contributed by atoms with Crippen LogP contribution in [0.1, 0.15) is 16.4 Å². The van der Waals surface area contributed by atoms with E-state index in [-0.39, 0.29) is 17.2 Å². The number of amides is 3. The lowest BCUT2D eigenvalue weighted by Gasteiger charge is -2.30. The van der Waals surface area contributed by atoms with Crippen molar-refractivity contribution in [2.75, 3.05) is 16.8 Å². The van der Waals surface area contributed by atoms with Gasteiger partial charge in [-0.05, 0) is 54.6 Å². The summed E-state index contributed by atoms with van der Waals surface area (Å²) in [6.07, 6.45) is 0. The van der Waals surface area contributed by atoms with Crippen molar-refractivity contribution in [1.82, 2.24) is 4.98 Å². The van der Waals surface area contributed by atoms with E-state index in [0.717, 1.165) is 28.0 Å². The number of para-hydroxylation sites is 1. The van der Waals surface area contributed by atoms with Gasteiger partial charge in [0.15, 0.2) is 6.61 Å². The highest BCUT2D eigenvalue weighted by molar-refractivity contribution is 8.00. The minimum absolute atomic E-state index is 0.254. The van der Waals surface area contributed by atoms with Crippen LogP contribution in [0.2, 0.25) is 0 Å². The molecule has 4 aromatic rings. The topological polar surface area (TPSA) is 109 Å². The number of halogens is 2. The number of hydrogen-bond acceptors (Lipinski definition) is 7. The molecule has 1 saturated heterocycles. The fraction of sp³-hybridized carbons (Fsp3) is 0.143. The Labute approximate surface area is 234 Å². The Morgan fingerprint density at radius 2 is 1.60 bits per heavy atom. The minimum atomic E-state index is -0.876. The molecular weight excluding hydrogens is 560 g/mol. The number of carbonyl (C=O) groups excluding carboxylic acids is 3. The summed E-state index contributed by atoms with van der Waals surface area (Å²) in [4.78, 5) is 56.3. The number of ether oxygens (including phenoxy) is 1. The maximum absolute atomic E-state index is 13.8. The van der Waals surface area contributed by atoms with E-state index in [2.05, 4.69) is 10.3 Å². The number of benzene rings is 3. The predicted octanol–water partition coefficient (Wildman–Crippen LogP) is 4.53. The molecular formula is C28H19F2N3O5S2. The molecule has 1 fully saturated rings. The molecule has 3 atom stereocenters. The van der Waals surface area contributed by atoms with Gasteiger partial charge in [-0.1, -0.05) is 41.3 Å². The zero-order valence-corrected chi connectivity index (χ0v) is 22.1. The van der Waals surface area contributed by atoms with E-state index in [0.29, 0.717) is 26.9 Å². The molecule has 3 amide bonds. The zero-order chi connectivity index (χ0) is 28.0. The number of fused-ring (bicyclic) bond motifs is 2. The van der Waals surface area contributed by atoms with Gasteiger partial charge >= 0.3 is 4.87 Å². The quantitative estimate of drug-likeness (QED) is 0.325. The highest BCUT2D eigenvalue weighted by Gasteiger charge is 2.56. The average molecular weight is 580 g/mol. The lowest BCUT2D eigenvalue weighted by atomic mass is 9.82. The summed E-state index contributed by atoms with van der Waals surface area (Å²) < 4.78 is 32.6. The number of aromatic nitrogens is 1. The molecule has 0 spiro atoms. The number of anilines is 2. The first-order valence-electron chi connectivity index (χ1n) is 12.1. The second-order valence-corrected chi connectivity index (χ2v) is 11.3. The lowest BCUT2D eigenvalue weighted by Crippen LogP contribution is -2.32. The second kappa shape index (κ2) is 10.4. The zero-order valence-electron chi connectivity index (χ0n) is 20.4. The molecule has 3 unspecified atom stereocenters. The Morgan fingerprint density at radius 1 is 0.925 bits per heavy atom. The largest absolute Gasteiger partial charge is 0.483 e. The Hall–Kier alpha value is -4.29. The maximum Gasteiger partial charge on any atom is 0.305 e. The Bertz CT molecular complexity index is 1690. The average Bonchev–Trinajstić information content (AvgIpc) is 3.44. The lowest BCUT2D eigenvalue weighted by molar-refractivity contribution is -0.122. The molecule has 0 radical (unpaired) electrons. The first kappa shape index (κ1) is 26.0. The molecule has 40 heavy (non-hydrogen) atoms. The summed E-state index contributed by atoms with van der Waals surface area (Å²) in [7, 11) is 0. The van der Waals surface area contributed by atoms with E-state index in [9.17, 15) is 28.0 Å². The summed E-state index contributed by atoms with van der Waals surface area (Å²) in [5, 5.41) is 2.28. The van der Waals surface area contributed by atoms with Gasteiger partial charge in [-0.25, -0.2) is 13.7 Å². The third-order valence-corrected chi connectivity index (χ3v) is 9.05. The Kier molecular flexibility index (Phi) is 6.72. The van der Waals surface area contributed by atoms with E-state index in [1.165, 1.54) is 48.5 Å². The van der Waals surface area contributed by atoms with Crippen LogP contribution in [0.5, 0.6) is 5.75 Å². The van der Waals surface area contributed by atoms with Gasteiger partial charge in [-0.2, -0.15) is 0 Å². The van der Waals surface area contributed by atoms with Gasteiger partial charge in [0, 0.05) is 22.0 Å². The molecule has 0 saturated carbocycles. The summed E-state index contributed by atoms with van der Waals surface area (Å²) in [6.45, 7) is -0.380. The number of rotatable bonds is 6. The van der Waals surface area contributed by atoms with Crippen LogP contribution < -0.4 is 19.8 Å². The van der Waals surface area contributed by atoms with Crippen molar-refractivity contribution in [2.45, 2.75) is 16.2 Å². The van der Waals surface area contributed by atoms with Crippen LogP contribution in [0.25, 0.3) is 0 Å². The highest BCUT2D eigenvalue weighted by Crippen LogP contribution is 2.54. The molecule has 3 heterocycles. The fourth-order valence-corrected chi connectivity index (χ4v) is 7.45. The number of thioether (sulfide) groups is 1. The van der Waals surface area contributed by atoms with Crippen LogP contribution in [-0.2, 0) is 14.4 Å². The Balaban J connectivity index is 1.33. The van der Waals surface area contributed by atoms with Gasteiger partial charge in [0.25, 0.3) is 5.91 Å². The van der Waals surface area contributed by atoms with Gasteiger partial charge in [0.05, 0.1) is 16.6 Å². The number of carbonyl (C=O) groups is 3. The third-order valence-electron chi connectivity index (χ3n) is 6.65. The summed E-state index contributed by atoms with van der Waals surface area (Å²) in [6, 6.07) is 17.2. The van der Waals surface area contributed by atoms with Crippen LogP contribution in [-0.4, -0.2) is 34.6 Å². The van der Waals surface area contributed by atoms with E-state index in [1.807, 2.05) is 0 Å². The van der Waals surface area contributed by atoms with Crippen molar-refractivity contribution < 1.29 is 27.9 Å². The van der Waals surface area contributed by atoms with Gasteiger partial charge in [0.2, 0.25) is 11.8 Å². The van der Waals surface area contributed by atoms with Crippen molar-refractivity contribution in [3.8, 4) is 5.75 Å². The van der Waals surface area contributed by atoms with Gasteiger partial charge in [0.1, 0.15) is 22.6 Å². The number of H-pyrrole nitrogens is 1. The molecule has 12 heteroatoms. The van der Waals surface area contributed by atoms with E-state index < -0.39 is 46.4 Å². The van der Waals surface area contributed by atoms with Crippen molar-refractivity contribution in [3.63, 3.8) is 0 Å². The van der Waals surface area contributed by atoms with Crippen LogP contribution in [0.4, 0.5) is 20.2 Å². The number of nitrogens with zero attached hydrogens (tertiary/aromatic N) is 1. The number of thiazole rings is 1. The minimum Gasteiger partial charge on any atom is -0.483 e. The molecule has 0 bridgehead atoms. The molecule has 2 aliphatic rings. The number of hydrogen-bond donors (Lipinski definition) is 2. The normalized spacial score (nSPS) is 19.8. The second-order valence-electron chi connectivity index (χ2n) is 9.12. The first-order chi connectivity index (χ1) is 19.3. The molecule has 2 N–H and O–H groups in total. The van der Waals surface area contributed by atoms with Gasteiger partial charge < -0.3 is 15.0 Å². The van der Waals surface area contributed by atoms with Crippen LogP contribution in [0.3, 0.4) is 0 Å². The summed E-state index contributed by atoms with van der Waals surface area (Å²) >= 11 is 2.08. The van der Waals surface area contributed by atoms with Crippen LogP contribution >= 0.6 is 23.1 Å². The molecule has 8 nitrogen and oxygen atoms in total. The van der Waals surface area contributed by atoms with Gasteiger partial charge in [-0.15, -0.1) is 0 Å². The maximum atomic E-state index is 13.8. The standard InChI is InChI=1S/C28H19F2N3O5S2/c29-14-5-9-16(10-6-14)31-20(34)13-38-19-4-2-1-3-18(19)21-22-24(39-25-23(21)40-28(37)32-25)27(36)33(26(22)35)17-11-7-15(30)8-12-17/h1-12,21-22,24H,13H2,(H,31,34)(H,32,37). The summed E-state index contributed by atoms with van der Waals surface area (Å²) in [5.74, 6) is -3.65. The predicted molar refractivity (Wildman–Crippen MR) is 146 cm³/mol. The number of imide groups is 1. The van der Waals surface area contributed by atoms with Crippen molar-refractivity contribution >= 4 is 52.2 Å². The summed E-state index contributed by atoms with van der Waals surface area (Å²) in [5.41, 5.74) is 1.18. The fourth-order valence-electron chi connectivity index (χ4n) is 4.94. The van der Waals surface area contributed by atoms with E-state index in [4.69, 9.17) is 4.74 Å². The smallest absolute Gasteiger partial charge is 0.305 e. The molecule has 3 aromatic carbocycles. The highest BCUT2D eigenvalue weighted by atomic mass is 32.2. The molecule has 1 aromatic heterocycles. The Morgan fingerprint density at radius 3 is 2.33 bits per heavy atom. The van der Waals surface area contributed by atoms with Crippen LogP contribution in [0, 0.1) is 17.6 Å². The molecule has 6 rings (SSSR count). The molecule has 0 aliphatic carbocycles. The third kappa shape index (κ3) is 4.69. The number of nitrogens with one attached hydrogen (secondary N) is 2. The first-order valence-corrected chi connectivity index (χ1v) is 13.8. The monoisotopic (exact) mass is 579 g/mol. The number of aromatic amines is 1. The van der Waals surface area contributed by atoms with Crippen LogP contribution in [0.15, 0.2) is 82.6 Å². The molecule has 2 aliphatic heterocycles. The van der Waals surface area contributed by atoms with Gasteiger partial charge in [-0.3, -0.25) is 19.2 Å². The van der Waals surface area contributed by atoms with Crippen molar-refractivity contribution in [3.05, 3.63) is 105 Å². The van der Waals surface area contributed by atoms with Crippen molar-refractivity contribution in [2.24, 2.45) is 5.92 Å².